The predicted molar refractivity (Wildman–Crippen MR) is 84.9 cm³/mol. The molecule has 7 nitrogen and oxygen atoms in total. The van der Waals surface area contributed by atoms with E-state index in [1.54, 1.807) is 15.9 Å². The van der Waals surface area contributed by atoms with Crippen molar-refractivity contribution in [1.29, 1.82) is 0 Å². The monoisotopic (exact) mass is 329 g/mol. The Hall–Kier alpha value is -2.32. The van der Waals surface area contributed by atoms with Crippen LogP contribution < -0.4 is 5.32 Å². The summed E-state index contributed by atoms with van der Waals surface area (Å²) in [7, 11) is 0. The third-order valence-electron chi connectivity index (χ3n) is 3.79. The SMILES string of the molecule is O=C(NCc1nnc2ccc(-c3ccsc3)nn12)[C@@H]1CCCO1. The summed E-state index contributed by atoms with van der Waals surface area (Å²) in [4.78, 5) is 12.0. The molecule has 0 aromatic carbocycles. The molecule has 4 heterocycles. The zero-order valence-electron chi connectivity index (χ0n) is 12.3. The predicted octanol–water partition coefficient (Wildman–Crippen LogP) is 1.65. The van der Waals surface area contributed by atoms with E-state index in [2.05, 4.69) is 20.6 Å². The molecule has 0 saturated carbocycles. The second-order valence-electron chi connectivity index (χ2n) is 5.34. The van der Waals surface area contributed by atoms with Crippen LogP contribution in [0.4, 0.5) is 0 Å². The van der Waals surface area contributed by atoms with Crippen LogP contribution in [0.25, 0.3) is 16.9 Å². The van der Waals surface area contributed by atoms with Crippen LogP contribution in [0.2, 0.25) is 0 Å². The quantitative estimate of drug-likeness (QED) is 0.787. The molecule has 1 aliphatic rings. The van der Waals surface area contributed by atoms with Crippen LogP contribution in [0.15, 0.2) is 29.0 Å². The molecular formula is C15H15N5O2S. The minimum atomic E-state index is -0.344. The number of hydrogen-bond donors (Lipinski definition) is 1. The van der Waals surface area contributed by atoms with E-state index in [1.165, 1.54) is 0 Å². The molecule has 1 N–H and O–H groups in total. The Kier molecular flexibility index (Phi) is 3.76. The smallest absolute Gasteiger partial charge is 0.249 e. The van der Waals surface area contributed by atoms with Gasteiger partial charge in [0.15, 0.2) is 11.5 Å². The summed E-state index contributed by atoms with van der Waals surface area (Å²) >= 11 is 1.62. The van der Waals surface area contributed by atoms with E-state index in [1.807, 2.05) is 29.0 Å². The number of nitrogens with one attached hydrogen (secondary N) is 1. The summed E-state index contributed by atoms with van der Waals surface area (Å²) in [5.74, 6) is 0.497. The summed E-state index contributed by atoms with van der Waals surface area (Å²) in [6.45, 7) is 0.928. The average Bonchev–Trinajstić information content (AvgIpc) is 3.33. The molecule has 3 aromatic heterocycles. The van der Waals surface area contributed by atoms with E-state index in [-0.39, 0.29) is 18.6 Å². The topological polar surface area (TPSA) is 81.4 Å². The standard InChI is InChI=1S/C15H15N5O2S/c21-15(12-2-1-6-22-12)16-8-14-18-17-13-4-3-11(19-20(13)14)10-5-7-23-9-10/h3-5,7,9,12H,1-2,6,8H2,(H,16,21)/t12-/m0/s1. The van der Waals surface area contributed by atoms with Gasteiger partial charge < -0.3 is 10.1 Å². The Morgan fingerprint density at radius 2 is 2.35 bits per heavy atom. The molecule has 1 fully saturated rings. The van der Waals surface area contributed by atoms with E-state index in [0.717, 1.165) is 24.1 Å². The highest BCUT2D eigenvalue weighted by atomic mass is 32.1. The van der Waals surface area contributed by atoms with Gasteiger partial charge in [-0.3, -0.25) is 4.79 Å². The first kappa shape index (κ1) is 14.3. The van der Waals surface area contributed by atoms with E-state index < -0.39 is 0 Å². The van der Waals surface area contributed by atoms with Crippen LogP contribution in [-0.2, 0) is 16.1 Å². The number of carbonyl (C=O) groups excluding carboxylic acids is 1. The molecule has 0 bridgehead atoms. The largest absolute Gasteiger partial charge is 0.368 e. The highest BCUT2D eigenvalue weighted by Crippen LogP contribution is 2.20. The van der Waals surface area contributed by atoms with E-state index >= 15 is 0 Å². The number of aromatic nitrogens is 4. The van der Waals surface area contributed by atoms with Crippen LogP contribution >= 0.6 is 11.3 Å². The molecule has 1 aliphatic heterocycles. The van der Waals surface area contributed by atoms with Crippen molar-refractivity contribution in [2.75, 3.05) is 6.61 Å². The van der Waals surface area contributed by atoms with Gasteiger partial charge >= 0.3 is 0 Å². The number of thiophene rings is 1. The second kappa shape index (κ2) is 6.05. The number of rotatable bonds is 4. The average molecular weight is 329 g/mol. The van der Waals surface area contributed by atoms with Crippen molar-refractivity contribution in [1.82, 2.24) is 25.1 Å². The van der Waals surface area contributed by atoms with Gasteiger partial charge in [-0.2, -0.15) is 21.0 Å². The minimum Gasteiger partial charge on any atom is -0.368 e. The van der Waals surface area contributed by atoms with Gasteiger partial charge in [-0.25, -0.2) is 0 Å². The molecule has 1 saturated heterocycles. The van der Waals surface area contributed by atoms with E-state index in [4.69, 9.17) is 4.74 Å². The highest BCUT2D eigenvalue weighted by Gasteiger charge is 2.23. The molecule has 1 atom stereocenters. The van der Waals surface area contributed by atoms with Gasteiger partial charge in [0.05, 0.1) is 12.2 Å². The molecule has 8 heteroatoms. The van der Waals surface area contributed by atoms with Crippen LogP contribution in [-0.4, -0.2) is 38.4 Å². The first-order chi connectivity index (χ1) is 11.3. The van der Waals surface area contributed by atoms with Crippen LogP contribution in [0, 0.1) is 0 Å². The first-order valence-corrected chi connectivity index (χ1v) is 8.39. The van der Waals surface area contributed by atoms with E-state index in [9.17, 15) is 4.79 Å². The lowest BCUT2D eigenvalue weighted by Crippen LogP contribution is -2.34. The Morgan fingerprint density at radius 3 is 3.13 bits per heavy atom. The van der Waals surface area contributed by atoms with Crippen LogP contribution in [0.5, 0.6) is 0 Å². The maximum absolute atomic E-state index is 12.0. The lowest BCUT2D eigenvalue weighted by molar-refractivity contribution is -0.130. The van der Waals surface area contributed by atoms with Gasteiger partial charge in [-0.15, -0.1) is 10.2 Å². The highest BCUT2D eigenvalue weighted by molar-refractivity contribution is 7.08. The van der Waals surface area contributed by atoms with Crippen molar-refractivity contribution in [2.24, 2.45) is 0 Å². The fourth-order valence-corrected chi connectivity index (χ4v) is 3.22. The molecule has 1 amide bonds. The van der Waals surface area contributed by atoms with Crippen molar-refractivity contribution in [3.05, 3.63) is 34.8 Å². The van der Waals surface area contributed by atoms with Gasteiger partial charge in [0.25, 0.3) is 0 Å². The normalized spacial score (nSPS) is 17.7. The number of fused-ring (bicyclic) bond motifs is 1. The second-order valence-corrected chi connectivity index (χ2v) is 6.12. The summed E-state index contributed by atoms with van der Waals surface area (Å²) in [6.07, 6.45) is 1.35. The number of hydrogen-bond acceptors (Lipinski definition) is 6. The first-order valence-electron chi connectivity index (χ1n) is 7.44. The van der Waals surface area contributed by atoms with Crippen molar-refractivity contribution >= 4 is 22.9 Å². The van der Waals surface area contributed by atoms with Crippen molar-refractivity contribution < 1.29 is 9.53 Å². The molecule has 0 aliphatic carbocycles. The van der Waals surface area contributed by atoms with Gasteiger partial charge in [0, 0.05) is 17.6 Å². The minimum absolute atomic E-state index is 0.103. The number of nitrogens with zero attached hydrogens (tertiary/aromatic N) is 4. The third kappa shape index (κ3) is 2.82. The molecule has 4 rings (SSSR count). The fourth-order valence-electron chi connectivity index (χ4n) is 2.57. The summed E-state index contributed by atoms with van der Waals surface area (Å²) in [5, 5.41) is 19.7. The van der Waals surface area contributed by atoms with Crippen LogP contribution in [0.1, 0.15) is 18.7 Å². The van der Waals surface area contributed by atoms with Gasteiger partial charge in [-0.05, 0) is 36.4 Å². The van der Waals surface area contributed by atoms with Crippen molar-refractivity contribution in [3.8, 4) is 11.3 Å². The zero-order chi connectivity index (χ0) is 15.6. The Bertz CT molecular complexity index is 824. The molecule has 0 unspecified atom stereocenters. The lowest BCUT2D eigenvalue weighted by Gasteiger charge is -2.09. The molecule has 0 radical (unpaired) electrons. The Morgan fingerprint density at radius 1 is 1.39 bits per heavy atom. The fraction of sp³-hybridized carbons (Fsp3) is 0.333. The Labute approximate surface area is 136 Å². The number of amides is 1. The molecule has 3 aromatic rings. The molecule has 23 heavy (non-hydrogen) atoms. The van der Waals surface area contributed by atoms with E-state index in [0.29, 0.717) is 18.1 Å². The van der Waals surface area contributed by atoms with Gasteiger partial charge in [-0.1, -0.05) is 0 Å². The van der Waals surface area contributed by atoms with Crippen LogP contribution in [0.3, 0.4) is 0 Å². The zero-order valence-corrected chi connectivity index (χ0v) is 13.1. The van der Waals surface area contributed by atoms with Gasteiger partial charge in [0.2, 0.25) is 5.91 Å². The lowest BCUT2D eigenvalue weighted by atomic mass is 10.2. The maximum atomic E-state index is 12.0. The summed E-state index contributed by atoms with van der Waals surface area (Å²) in [5.41, 5.74) is 2.57. The van der Waals surface area contributed by atoms with Crippen molar-refractivity contribution in [3.63, 3.8) is 0 Å². The molecular weight excluding hydrogens is 314 g/mol. The summed E-state index contributed by atoms with van der Waals surface area (Å²) in [6, 6.07) is 5.81. The number of ether oxygens (including phenoxy) is 1. The third-order valence-corrected chi connectivity index (χ3v) is 4.47. The number of carbonyl (C=O) groups is 1. The van der Waals surface area contributed by atoms with Gasteiger partial charge in [0.1, 0.15) is 6.10 Å². The van der Waals surface area contributed by atoms with Crippen molar-refractivity contribution in [2.45, 2.75) is 25.5 Å². The summed E-state index contributed by atoms with van der Waals surface area (Å²) < 4.78 is 7.04. The molecule has 0 spiro atoms. The maximum Gasteiger partial charge on any atom is 0.249 e. The molecule has 118 valence electrons. The Balaban J connectivity index is 1.55.